The van der Waals surface area contributed by atoms with E-state index in [4.69, 9.17) is 16.3 Å². The van der Waals surface area contributed by atoms with Gasteiger partial charge in [0.1, 0.15) is 11.5 Å². The van der Waals surface area contributed by atoms with Crippen molar-refractivity contribution < 1.29 is 4.74 Å². The molecule has 1 heterocycles. The highest BCUT2D eigenvalue weighted by Crippen LogP contribution is 2.26. The highest BCUT2D eigenvalue weighted by molar-refractivity contribution is 6.30. The van der Waals surface area contributed by atoms with Crippen molar-refractivity contribution in [3.63, 3.8) is 0 Å². The first kappa shape index (κ1) is 16.3. The zero-order chi connectivity index (χ0) is 16.9. The normalized spacial score (nSPS) is 10.6. The van der Waals surface area contributed by atoms with Gasteiger partial charge in [-0.25, -0.2) is 5.10 Å². The van der Waals surface area contributed by atoms with Gasteiger partial charge in [0, 0.05) is 17.5 Å². The van der Waals surface area contributed by atoms with Gasteiger partial charge in [0.15, 0.2) is 0 Å². The molecule has 1 N–H and O–H groups in total. The van der Waals surface area contributed by atoms with Crippen LogP contribution in [0, 0.1) is 0 Å². The van der Waals surface area contributed by atoms with Crippen LogP contribution in [-0.4, -0.2) is 10.2 Å². The average Bonchev–Trinajstić information content (AvgIpc) is 2.59. The summed E-state index contributed by atoms with van der Waals surface area (Å²) in [7, 11) is 0. The third kappa shape index (κ3) is 4.24. The number of benzene rings is 2. The van der Waals surface area contributed by atoms with Crippen LogP contribution in [-0.2, 0) is 12.8 Å². The zero-order valence-corrected chi connectivity index (χ0v) is 14.0. The number of hydrogen-bond acceptors (Lipinski definition) is 3. The molecule has 0 saturated carbocycles. The predicted molar refractivity (Wildman–Crippen MR) is 95.0 cm³/mol. The first-order valence-electron chi connectivity index (χ1n) is 7.73. The number of rotatable bonds is 5. The minimum Gasteiger partial charge on any atom is -0.457 e. The molecule has 0 aliphatic rings. The van der Waals surface area contributed by atoms with Crippen LogP contribution < -0.4 is 10.3 Å². The highest BCUT2D eigenvalue weighted by Gasteiger charge is 2.05. The van der Waals surface area contributed by atoms with Crippen LogP contribution in [0.4, 0.5) is 0 Å². The van der Waals surface area contributed by atoms with E-state index in [1.165, 1.54) is 11.6 Å². The molecule has 0 amide bonds. The molecule has 4 nitrogen and oxygen atoms in total. The van der Waals surface area contributed by atoms with E-state index >= 15 is 0 Å². The van der Waals surface area contributed by atoms with Crippen molar-refractivity contribution in [2.75, 3.05) is 0 Å². The smallest absolute Gasteiger partial charge is 0.264 e. The van der Waals surface area contributed by atoms with Gasteiger partial charge in [0.2, 0.25) is 0 Å². The van der Waals surface area contributed by atoms with Gasteiger partial charge >= 0.3 is 0 Å². The SMILES string of the molecule is CCc1cc(Cc2ccc(=O)[nH]n2)cc(Oc2ccc(Cl)cc2)c1. The monoisotopic (exact) mass is 340 g/mol. The van der Waals surface area contributed by atoms with Crippen LogP contribution in [0.1, 0.15) is 23.7 Å². The van der Waals surface area contributed by atoms with Crippen molar-refractivity contribution in [2.45, 2.75) is 19.8 Å². The second kappa shape index (κ2) is 7.32. The molecule has 5 heteroatoms. The molecule has 0 aliphatic carbocycles. The Labute approximate surface area is 145 Å². The van der Waals surface area contributed by atoms with Crippen LogP contribution in [0.15, 0.2) is 59.4 Å². The van der Waals surface area contributed by atoms with Crippen molar-refractivity contribution >= 4 is 11.6 Å². The largest absolute Gasteiger partial charge is 0.457 e. The number of aryl methyl sites for hydroxylation is 1. The molecule has 0 atom stereocenters. The number of aromatic amines is 1. The molecule has 1 aromatic heterocycles. The topological polar surface area (TPSA) is 55.0 Å². The van der Waals surface area contributed by atoms with E-state index in [-0.39, 0.29) is 5.56 Å². The van der Waals surface area contributed by atoms with Crippen LogP contribution in [0.25, 0.3) is 0 Å². The van der Waals surface area contributed by atoms with Crippen molar-refractivity contribution in [3.8, 4) is 11.5 Å². The number of aromatic nitrogens is 2. The second-order valence-electron chi connectivity index (χ2n) is 5.48. The van der Waals surface area contributed by atoms with Crippen molar-refractivity contribution in [1.82, 2.24) is 10.2 Å². The summed E-state index contributed by atoms with van der Waals surface area (Å²) in [5.74, 6) is 1.51. The predicted octanol–water partition coefficient (Wildman–Crippen LogP) is 4.37. The fourth-order valence-electron chi connectivity index (χ4n) is 2.41. The Morgan fingerprint density at radius 3 is 2.42 bits per heavy atom. The quantitative estimate of drug-likeness (QED) is 0.750. The van der Waals surface area contributed by atoms with E-state index < -0.39 is 0 Å². The molecule has 2 aromatic carbocycles. The van der Waals surface area contributed by atoms with E-state index in [2.05, 4.69) is 23.2 Å². The van der Waals surface area contributed by atoms with E-state index in [9.17, 15) is 4.79 Å². The maximum Gasteiger partial charge on any atom is 0.264 e. The van der Waals surface area contributed by atoms with E-state index in [1.54, 1.807) is 18.2 Å². The Morgan fingerprint density at radius 2 is 1.75 bits per heavy atom. The maximum atomic E-state index is 11.1. The molecule has 0 fully saturated rings. The lowest BCUT2D eigenvalue weighted by molar-refractivity contribution is 0.481. The van der Waals surface area contributed by atoms with E-state index in [0.717, 1.165) is 29.2 Å². The molecule has 0 spiro atoms. The standard InChI is InChI=1S/C19H17ClN2O2/c1-2-13-9-14(10-16-5-8-19(23)22-21-16)12-18(11-13)24-17-6-3-15(20)4-7-17/h3-9,11-12H,2,10H2,1H3,(H,22,23). The molecule has 3 aromatic rings. The number of hydrogen-bond donors (Lipinski definition) is 1. The zero-order valence-electron chi connectivity index (χ0n) is 13.3. The molecular formula is C19H17ClN2O2. The molecule has 24 heavy (non-hydrogen) atoms. The Bertz CT molecular complexity index is 868. The fourth-order valence-corrected chi connectivity index (χ4v) is 2.54. The Hall–Kier alpha value is -2.59. The highest BCUT2D eigenvalue weighted by atomic mass is 35.5. The van der Waals surface area contributed by atoms with Gasteiger partial charge in [-0.1, -0.05) is 24.6 Å². The van der Waals surface area contributed by atoms with Crippen LogP contribution in [0.2, 0.25) is 5.02 Å². The molecule has 0 unspecified atom stereocenters. The Balaban J connectivity index is 1.85. The lowest BCUT2D eigenvalue weighted by atomic mass is 10.0. The molecule has 122 valence electrons. The lowest BCUT2D eigenvalue weighted by Gasteiger charge is -2.10. The molecular weight excluding hydrogens is 324 g/mol. The molecule has 0 bridgehead atoms. The van der Waals surface area contributed by atoms with E-state index in [1.807, 2.05) is 24.3 Å². The average molecular weight is 341 g/mol. The number of H-pyrrole nitrogens is 1. The fraction of sp³-hybridized carbons (Fsp3) is 0.158. The number of halogens is 1. The molecule has 0 aliphatic heterocycles. The van der Waals surface area contributed by atoms with Gasteiger partial charge in [-0.15, -0.1) is 0 Å². The minimum absolute atomic E-state index is 0.201. The summed E-state index contributed by atoms with van der Waals surface area (Å²) >= 11 is 5.90. The van der Waals surface area contributed by atoms with Crippen LogP contribution >= 0.6 is 11.6 Å². The molecule has 0 saturated heterocycles. The van der Waals surface area contributed by atoms with Gasteiger partial charge in [0.05, 0.1) is 5.69 Å². The van der Waals surface area contributed by atoms with Gasteiger partial charge < -0.3 is 4.74 Å². The van der Waals surface area contributed by atoms with Crippen molar-refractivity contribution in [1.29, 1.82) is 0 Å². The third-order valence-electron chi connectivity index (χ3n) is 3.61. The van der Waals surface area contributed by atoms with Crippen molar-refractivity contribution in [3.05, 3.63) is 86.8 Å². The number of nitrogens with zero attached hydrogens (tertiary/aromatic N) is 1. The summed E-state index contributed by atoms with van der Waals surface area (Å²) in [5.41, 5.74) is 2.87. The summed E-state index contributed by atoms with van der Waals surface area (Å²) in [4.78, 5) is 11.1. The molecule has 3 rings (SSSR count). The van der Waals surface area contributed by atoms with Crippen LogP contribution in [0.3, 0.4) is 0 Å². The second-order valence-corrected chi connectivity index (χ2v) is 5.92. The lowest BCUT2D eigenvalue weighted by Crippen LogP contribution is -2.07. The van der Waals surface area contributed by atoms with Crippen LogP contribution in [0.5, 0.6) is 11.5 Å². The van der Waals surface area contributed by atoms with Gasteiger partial charge in [-0.3, -0.25) is 4.79 Å². The van der Waals surface area contributed by atoms with Crippen molar-refractivity contribution in [2.24, 2.45) is 0 Å². The van der Waals surface area contributed by atoms with Gasteiger partial charge in [-0.05, 0) is 60.0 Å². The molecule has 0 radical (unpaired) electrons. The summed E-state index contributed by atoms with van der Waals surface area (Å²) in [6.45, 7) is 2.10. The van der Waals surface area contributed by atoms with Gasteiger partial charge in [-0.2, -0.15) is 5.10 Å². The summed E-state index contributed by atoms with van der Waals surface area (Å²) in [6, 6.07) is 16.6. The summed E-state index contributed by atoms with van der Waals surface area (Å²) in [5, 5.41) is 7.19. The maximum absolute atomic E-state index is 11.1. The Kier molecular flexibility index (Phi) is 4.96. The van der Waals surface area contributed by atoms with Gasteiger partial charge in [0.25, 0.3) is 5.56 Å². The van der Waals surface area contributed by atoms with E-state index in [0.29, 0.717) is 11.4 Å². The summed E-state index contributed by atoms with van der Waals surface area (Å²) < 4.78 is 5.94. The summed E-state index contributed by atoms with van der Waals surface area (Å²) in [6.07, 6.45) is 1.53. The first-order chi connectivity index (χ1) is 11.6. The number of ether oxygens (including phenoxy) is 1. The minimum atomic E-state index is -0.201. The number of nitrogens with one attached hydrogen (secondary N) is 1. The third-order valence-corrected chi connectivity index (χ3v) is 3.86. The Morgan fingerprint density at radius 1 is 1.00 bits per heavy atom. The first-order valence-corrected chi connectivity index (χ1v) is 8.11.